The molecule has 0 aromatic rings. The molecule has 1 saturated carbocycles. The molecule has 1 aliphatic rings. The van der Waals surface area contributed by atoms with E-state index in [1.807, 2.05) is 11.8 Å². The second-order valence-corrected chi connectivity index (χ2v) is 6.41. The molecule has 1 rings (SSSR count). The Morgan fingerprint density at radius 3 is 2.57 bits per heavy atom. The zero-order chi connectivity index (χ0) is 15.3. The monoisotopic (exact) mass is 314 g/mol. The predicted octanol–water partition coefficient (Wildman–Crippen LogP) is 1.74. The van der Waals surface area contributed by atoms with Crippen molar-refractivity contribution in [1.82, 2.24) is 16.0 Å². The molecular weight excluding hydrogens is 284 g/mol. The fraction of sp³-hybridized carbons (Fsp3) is 0.867. The summed E-state index contributed by atoms with van der Waals surface area (Å²) in [4.78, 5) is 16.0. The molecule has 0 aliphatic heterocycles. The standard InChI is InChI=1S/C15H30N4OS/c1-16-15(17-10-5-6-12-21-2)18-11-9-14(20)19-13-7-3-4-8-13/h13H,3-12H2,1-2H3,(H,19,20)(H2,16,17,18). The second kappa shape index (κ2) is 11.7. The summed E-state index contributed by atoms with van der Waals surface area (Å²) < 4.78 is 0. The van der Waals surface area contributed by atoms with Crippen LogP contribution in [0.2, 0.25) is 0 Å². The molecule has 1 fully saturated rings. The molecule has 5 nitrogen and oxygen atoms in total. The van der Waals surface area contributed by atoms with Gasteiger partial charge in [-0.25, -0.2) is 0 Å². The molecule has 3 N–H and O–H groups in total. The van der Waals surface area contributed by atoms with Crippen molar-refractivity contribution in [3.63, 3.8) is 0 Å². The van der Waals surface area contributed by atoms with Crippen LogP contribution in [0.5, 0.6) is 0 Å². The number of nitrogens with zero attached hydrogens (tertiary/aromatic N) is 1. The number of hydrogen-bond donors (Lipinski definition) is 3. The van der Waals surface area contributed by atoms with Crippen molar-refractivity contribution in [2.75, 3.05) is 32.1 Å². The van der Waals surface area contributed by atoms with Crippen LogP contribution in [-0.4, -0.2) is 50.1 Å². The summed E-state index contributed by atoms with van der Waals surface area (Å²) in [6, 6.07) is 0.409. The predicted molar refractivity (Wildman–Crippen MR) is 92.0 cm³/mol. The summed E-state index contributed by atoms with van der Waals surface area (Å²) in [5.74, 6) is 2.13. The molecule has 0 spiro atoms. The lowest BCUT2D eigenvalue weighted by Gasteiger charge is -2.14. The Morgan fingerprint density at radius 2 is 1.90 bits per heavy atom. The van der Waals surface area contributed by atoms with E-state index < -0.39 is 0 Å². The van der Waals surface area contributed by atoms with Gasteiger partial charge in [0.05, 0.1) is 0 Å². The number of carbonyl (C=O) groups is 1. The van der Waals surface area contributed by atoms with Gasteiger partial charge in [-0.1, -0.05) is 12.8 Å². The van der Waals surface area contributed by atoms with Crippen molar-refractivity contribution < 1.29 is 4.79 Å². The Labute approximate surface area is 133 Å². The van der Waals surface area contributed by atoms with Gasteiger partial charge in [0.25, 0.3) is 0 Å². The van der Waals surface area contributed by atoms with Gasteiger partial charge < -0.3 is 16.0 Å². The van der Waals surface area contributed by atoms with E-state index in [-0.39, 0.29) is 5.91 Å². The van der Waals surface area contributed by atoms with E-state index in [1.54, 1.807) is 7.05 Å². The first-order chi connectivity index (χ1) is 10.3. The minimum Gasteiger partial charge on any atom is -0.356 e. The molecule has 21 heavy (non-hydrogen) atoms. The van der Waals surface area contributed by atoms with Crippen LogP contribution in [-0.2, 0) is 4.79 Å². The van der Waals surface area contributed by atoms with Gasteiger partial charge in [-0.05, 0) is 37.7 Å². The molecule has 0 saturated heterocycles. The summed E-state index contributed by atoms with van der Waals surface area (Å²) in [6.07, 6.45) is 9.76. The fourth-order valence-corrected chi connectivity index (χ4v) is 2.96. The number of rotatable bonds is 9. The Balaban J connectivity index is 2.04. The van der Waals surface area contributed by atoms with E-state index >= 15 is 0 Å². The van der Waals surface area contributed by atoms with E-state index in [2.05, 4.69) is 27.2 Å². The van der Waals surface area contributed by atoms with Gasteiger partial charge in [0.15, 0.2) is 5.96 Å². The van der Waals surface area contributed by atoms with Gasteiger partial charge in [0, 0.05) is 32.6 Å². The highest BCUT2D eigenvalue weighted by molar-refractivity contribution is 7.98. The third-order valence-corrected chi connectivity index (χ3v) is 4.35. The quantitative estimate of drug-likeness (QED) is 0.345. The van der Waals surface area contributed by atoms with Gasteiger partial charge in [-0.15, -0.1) is 0 Å². The molecule has 0 atom stereocenters. The van der Waals surface area contributed by atoms with Crippen molar-refractivity contribution in [1.29, 1.82) is 0 Å². The topological polar surface area (TPSA) is 65.5 Å². The maximum absolute atomic E-state index is 11.8. The minimum atomic E-state index is 0.143. The van der Waals surface area contributed by atoms with Gasteiger partial charge >= 0.3 is 0 Å². The Bertz CT molecular complexity index is 317. The maximum atomic E-state index is 11.8. The number of nitrogens with one attached hydrogen (secondary N) is 3. The van der Waals surface area contributed by atoms with E-state index in [0.29, 0.717) is 19.0 Å². The number of carbonyl (C=O) groups excluding carboxylic acids is 1. The van der Waals surface area contributed by atoms with Crippen LogP contribution < -0.4 is 16.0 Å². The summed E-state index contributed by atoms with van der Waals surface area (Å²) in [6.45, 7) is 1.55. The first-order valence-electron chi connectivity index (χ1n) is 7.99. The van der Waals surface area contributed by atoms with Crippen molar-refractivity contribution in [3.8, 4) is 0 Å². The lowest BCUT2D eigenvalue weighted by molar-refractivity contribution is -0.121. The number of thioether (sulfide) groups is 1. The number of amides is 1. The van der Waals surface area contributed by atoms with E-state index in [9.17, 15) is 4.79 Å². The third-order valence-electron chi connectivity index (χ3n) is 3.66. The van der Waals surface area contributed by atoms with Gasteiger partial charge in [0.1, 0.15) is 0 Å². The third kappa shape index (κ3) is 8.86. The van der Waals surface area contributed by atoms with Crippen molar-refractivity contribution >= 4 is 23.6 Å². The van der Waals surface area contributed by atoms with E-state index in [0.717, 1.165) is 31.8 Å². The van der Waals surface area contributed by atoms with Gasteiger partial charge in [-0.3, -0.25) is 9.79 Å². The van der Waals surface area contributed by atoms with Crippen LogP contribution in [0.15, 0.2) is 4.99 Å². The number of hydrogen-bond acceptors (Lipinski definition) is 3. The molecule has 0 aromatic carbocycles. The molecule has 1 amide bonds. The van der Waals surface area contributed by atoms with Crippen molar-refractivity contribution in [2.24, 2.45) is 4.99 Å². The Kier molecular flexibility index (Phi) is 10.1. The molecule has 0 aromatic heterocycles. The number of aliphatic imine (C=N–C) groups is 1. The molecule has 122 valence electrons. The molecule has 6 heteroatoms. The van der Waals surface area contributed by atoms with Crippen molar-refractivity contribution in [3.05, 3.63) is 0 Å². The fourth-order valence-electron chi connectivity index (χ4n) is 2.46. The molecule has 0 radical (unpaired) electrons. The normalized spacial score (nSPS) is 16.0. The van der Waals surface area contributed by atoms with E-state index in [4.69, 9.17) is 0 Å². The first-order valence-corrected chi connectivity index (χ1v) is 9.38. The zero-order valence-electron chi connectivity index (χ0n) is 13.4. The van der Waals surface area contributed by atoms with Gasteiger partial charge in [0.2, 0.25) is 5.91 Å². The van der Waals surface area contributed by atoms with E-state index in [1.165, 1.54) is 25.0 Å². The summed E-state index contributed by atoms with van der Waals surface area (Å²) >= 11 is 1.88. The smallest absolute Gasteiger partial charge is 0.221 e. The van der Waals surface area contributed by atoms with Crippen LogP contribution in [0.4, 0.5) is 0 Å². The SMILES string of the molecule is CN=C(NCCCCSC)NCCC(=O)NC1CCCC1. The summed E-state index contributed by atoms with van der Waals surface area (Å²) in [5, 5.41) is 9.56. The zero-order valence-corrected chi connectivity index (χ0v) is 14.2. The molecular formula is C15H30N4OS. The maximum Gasteiger partial charge on any atom is 0.221 e. The van der Waals surface area contributed by atoms with Crippen LogP contribution in [0, 0.1) is 0 Å². The molecule has 0 heterocycles. The van der Waals surface area contributed by atoms with Crippen LogP contribution >= 0.6 is 11.8 Å². The average Bonchev–Trinajstić information content (AvgIpc) is 2.98. The summed E-state index contributed by atoms with van der Waals surface area (Å²) in [5.41, 5.74) is 0. The number of unbranched alkanes of at least 4 members (excludes halogenated alkanes) is 1. The minimum absolute atomic E-state index is 0.143. The Hall–Kier alpha value is -0.910. The summed E-state index contributed by atoms with van der Waals surface area (Å²) in [7, 11) is 1.76. The van der Waals surface area contributed by atoms with Crippen LogP contribution in [0.3, 0.4) is 0 Å². The molecule has 0 unspecified atom stereocenters. The lowest BCUT2D eigenvalue weighted by Crippen LogP contribution is -2.40. The highest BCUT2D eigenvalue weighted by atomic mass is 32.2. The molecule has 0 bridgehead atoms. The molecule has 1 aliphatic carbocycles. The van der Waals surface area contributed by atoms with Crippen LogP contribution in [0.1, 0.15) is 44.9 Å². The highest BCUT2D eigenvalue weighted by Gasteiger charge is 2.16. The average molecular weight is 314 g/mol. The second-order valence-electron chi connectivity index (χ2n) is 5.42. The van der Waals surface area contributed by atoms with Crippen LogP contribution in [0.25, 0.3) is 0 Å². The first kappa shape index (κ1) is 18.1. The lowest BCUT2D eigenvalue weighted by atomic mass is 10.2. The largest absolute Gasteiger partial charge is 0.356 e. The Morgan fingerprint density at radius 1 is 1.19 bits per heavy atom. The van der Waals surface area contributed by atoms with Gasteiger partial charge in [-0.2, -0.15) is 11.8 Å². The van der Waals surface area contributed by atoms with Crippen molar-refractivity contribution in [2.45, 2.75) is 51.0 Å². The number of guanidine groups is 1. The highest BCUT2D eigenvalue weighted by Crippen LogP contribution is 2.17.